The van der Waals surface area contributed by atoms with E-state index < -0.39 is 0 Å². The zero-order valence-electron chi connectivity index (χ0n) is 16.4. The van der Waals surface area contributed by atoms with Gasteiger partial charge in [0, 0.05) is 43.6 Å². The van der Waals surface area contributed by atoms with Crippen LogP contribution in [0.5, 0.6) is 0 Å². The highest BCUT2D eigenvalue weighted by Gasteiger charge is 2.13. The summed E-state index contributed by atoms with van der Waals surface area (Å²) in [6.07, 6.45) is 0.882. The molecule has 0 aliphatic carbocycles. The van der Waals surface area contributed by atoms with Crippen LogP contribution < -0.4 is 0 Å². The maximum absolute atomic E-state index is 12.5. The molecule has 29 heavy (non-hydrogen) atoms. The number of Topliss-reactive ketones (excluding diaryl/α,β-unsaturated/α-hetero) is 2. The maximum atomic E-state index is 12.5. The second-order valence-electron chi connectivity index (χ2n) is 6.84. The van der Waals surface area contributed by atoms with Crippen LogP contribution in [0.1, 0.15) is 39.1 Å². The lowest BCUT2D eigenvalue weighted by atomic mass is 10.1. The Kier molecular flexibility index (Phi) is 9.29. The van der Waals surface area contributed by atoms with Gasteiger partial charge in [-0.1, -0.05) is 91.0 Å². The summed E-state index contributed by atoms with van der Waals surface area (Å²) in [5.74, 6) is 0.265. The number of carbonyl (C=O) groups is 2. The first kappa shape index (κ1) is 22.5. The van der Waals surface area contributed by atoms with Gasteiger partial charge >= 0.3 is 0 Å². The number of nitrogens with zero attached hydrogens (tertiary/aromatic N) is 1. The van der Waals surface area contributed by atoms with Crippen LogP contribution in [-0.2, 0) is 6.54 Å². The molecule has 0 saturated heterocycles. The smallest absolute Gasteiger partial charge is 0.164 e. The fourth-order valence-corrected chi connectivity index (χ4v) is 3.17. The fourth-order valence-electron chi connectivity index (χ4n) is 3.17. The van der Waals surface area contributed by atoms with Crippen molar-refractivity contribution in [3.05, 3.63) is 108 Å². The van der Waals surface area contributed by atoms with Crippen LogP contribution in [0.25, 0.3) is 0 Å². The van der Waals surface area contributed by atoms with Crippen molar-refractivity contribution in [3.63, 3.8) is 0 Å². The summed E-state index contributed by atoms with van der Waals surface area (Å²) in [6, 6.07) is 28.9. The molecule has 0 N–H and O–H groups in total. The first-order valence-corrected chi connectivity index (χ1v) is 9.65. The topological polar surface area (TPSA) is 37.4 Å². The Balaban J connectivity index is 0.00000300. The van der Waals surface area contributed by atoms with Crippen LogP contribution in [0.3, 0.4) is 0 Å². The van der Waals surface area contributed by atoms with Gasteiger partial charge in [0.1, 0.15) is 0 Å². The maximum Gasteiger partial charge on any atom is 0.164 e. The van der Waals surface area contributed by atoms with Gasteiger partial charge in [-0.2, -0.15) is 0 Å². The Morgan fingerprint density at radius 3 is 1.38 bits per heavy atom. The summed E-state index contributed by atoms with van der Waals surface area (Å²) in [4.78, 5) is 27.1. The molecule has 4 heteroatoms. The molecule has 0 unspecified atom stereocenters. The third-order valence-corrected chi connectivity index (χ3v) is 4.75. The minimum absolute atomic E-state index is 0. The van der Waals surface area contributed by atoms with Crippen LogP contribution >= 0.6 is 12.4 Å². The van der Waals surface area contributed by atoms with Crippen molar-refractivity contribution in [1.82, 2.24) is 4.90 Å². The molecule has 0 fully saturated rings. The quantitative estimate of drug-likeness (QED) is 0.419. The van der Waals surface area contributed by atoms with E-state index in [-0.39, 0.29) is 24.0 Å². The monoisotopic (exact) mass is 407 g/mol. The van der Waals surface area contributed by atoms with Gasteiger partial charge in [0.25, 0.3) is 0 Å². The van der Waals surface area contributed by atoms with Crippen molar-refractivity contribution in [2.45, 2.75) is 19.4 Å². The van der Waals surface area contributed by atoms with E-state index in [1.165, 1.54) is 5.56 Å². The molecule has 0 atom stereocenters. The van der Waals surface area contributed by atoms with Gasteiger partial charge in [-0.25, -0.2) is 0 Å². The normalized spacial score (nSPS) is 10.4. The number of hydrogen-bond donors (Lipinski definition) is 0. The number of benzene rings is 3. The van der Waals surface area contributed by atoms with E-state index >= 15 is 0 Å². The lowest BCUT2D eigenvalue weighted by molar-refractivity contribution is 0.0943. The summed E-state index contributed by atoms with van der Waals surface area (Å²) in [6.45, 7) is 1.99. The molecule has 0 aliphatic heterocycles. The van der Waals surface area contributed by atoms with E-state index in [1.54, 1.807) is 0 Å². The summed E-state index contributed by atoms with van der Waals surface area (Å²) in [5, 5.41) is 0. The van der Waals surface area contributed by atoms with Crippen LogP contribution in [0.15, 0.2) is 91.0 Å². The minimum atomic E-state index is 0. The predicted molar refractivity (Wildman–Crippen MR) is 120 cm³/mol. The summed E-state index contributed by atoms with van der Waals surface area (Å²) in [5.41, 5.74) is 2.66. The van der Waals surface area contributed by atoms with Crippen molar-refractivity contribution in [3.8, 4) is 0 Å². The SMILES string of the molecule is Cl.O=C(CCN(CCC(=O)c1ccccc1)Cc1ccccc1)c1ccccc1. The van der Waals surface area contributed by atoms with Gasteiger partial charge in [0.2, 0.25) is 0 Å². The molecule has 3 aromatic carbocycles. The van der Waals surface area contributed by atoms with Gasteiger partial charge in [0.05, 0.1) is 0 Å². The molecule has 3 aromatic rings. The van der Waals surface area contributed by atoms with Crippen molar-refractivity contribution in [2.75, 3.05) is 13.1 Å². The number of rotatable bonds is 10. The van der Waals surface area contributed by atoms with Crippen molar-refractivity contribution < 1.29 is 9.59 Å². The van der Waals surface area contributed by atoms with Gasteiger partial charge in [-0.05, 0) is 5.56 Å². The summed E-state index contributed by atoms with van der Waals surface area (Å²) >= 11 is 0. The number of halogens is 1. The Hall–Kier alpha value is -2.75. The van der Waals surface area contributed by atoms with E-state index in [0.717, 1.165) is 17.7 Å². The van der Waals surface area contributed by atoms with E-state index in [9.17, 15) is 9.59 Å². The van der Waals surface area contributed by atoms with E-state index in [4.69, 9.17) is 0 Å². The highest BCUT2D eigenvalue weighted by Crippen LogP contribution is 2.11. The van der Waals surface area contributed by atoms with Crippen LogP contribution in [-0.4, -0.2) is 29.6 Å². The van der Waals surface area contributed by atoms with Crippen molar-refractivity contribution in [2.24, 2.45) is 0 Å². The standard InChI is InChI=1S/C25H25NO2.ClH/c27-24(22-12-6-2-7-13-22)16-18-26(20-21-10-4-1-5-11-21)19-17-25(28)23-14-8-3-9-15-23;/h1-15H,16-20H2;1H. The molecule has 3 nitrogen and oxygen atoms in total. The Morgan fingerprint density at radius 1 is 0.586 bits per heavy atom. The predicted octanol–water partition coefficient (Wildman–Crippen LogP) is 5.46. The molecule has 0 spiro atoms. The van der Waals surface area contributed by atoms with Crippen LogP contribution in [0.4, 0.5) is 0 Å². The van der Waals surface area contributed by atoms with Crippen LogP contribution in [0.2, 0.25) is 0 Å². The highest BCUT2D eigenvalue weighted by molar-refractivity contribution is 5.96. The minimum Gasteiger partial charge on any atom is -0.298 e. The molecule has 0 heterocycles. The molecular weight excluding hydrogens is 382 g/mol. The third-order valence-electron chi connectivity index (χ3n) is 4.75. The summed E-state index contributed by atoms with van der Waals surface area (Å²) in [7, 11) is 0. The van der Waals surface area contributed by atoms with E-state index in [1.807, 2.05) is 78.9 Å². The Labute approximate surface area is 178 Å². The zero-order chi connectivity index (χ0) is 19.6. The lowest BCUT2D eigenvalue weighted by Gasteiger charge is -2.22. The average Bonchev–Trinajstić information content (AvgIpc) is 2.77. The average molecular weight is 408 g/mol. The van der Waals surface area contributed by atoms with Crippen molar-refractivity contribution in [1.29, 1.82) is 0 Å². The van der Waals surface area contributed by atoms with Gasteiger partial charge < -0.3 is 0 Å². The molecule has 0 saturated carbocycles. The third kappa shape index (κ3) is 7.30. The molecule has 3 rings (SSSR count). The molecule has 0 radical (unpaired) electrons. The number of ketones is 2. The molecule has 0 amide bonds. The van der Waals surface area contributed by atoms with E-state index in [0.29, 0.717) is 25.9 Å². The number of hydrogen-bond acceptors (Lipinski definition) is 3. The summed E-state index contributed by atoms with van der Waals surface area (Å²) < 4.78 is 0. The first-order valence-electron chi connectivity index (χ1n) is 9.65. The first-order chi connectivity index (χ1) is 13.7. The van der Waals surface area contributed by atoms with Crippen molar-refractivity contribution >= 4 is 24.0 Å². The largest absolute Gasteiger partial charge is 0.298 e. The van der Waals surface area contributed by atoms with E-state index in [2.05, 4.69) is 17.0 Å². The lowest BCUT2D eigenvalue weighted by Crippen LogP contribution is -2.28. The molecular formula is C25H26ClNO2. The van der Waals surface area contributed by atoms with Gasteiger partial charge in [0.15, 0.2) is 11.6 Å². The second-order valence-corrected chi connectivity index (χ2v) is 6.84. The Morgan fingerprint density at radius 2 is 0.966 bits per heavy atom. The Bertz CT molecular complexity index is 827. The molecule has 0 bridgehead atoms. The van der Waals surface area contributed by atoms with Gasteiger partial charge in [-0.15, -0.1) is 12.4 Å². The molecule has 0 aliphatic rings. The second kappa shape index (κ2) is 11.9. The molecule has 150 valence electrons. The highest BCUT2D eigenvalue weighted by atomic mass is 35.5. The van der Waals surface area contributed by atoms with Crippen LogP contribution in [0, 0.1) is 0 Å². The number of carbonyl (C=O) groups excluding carboxylic acids is 2. The van der Waals surface area contributed by atoms with Gasteiger partial charge in [-0.3, -0.25) is 14.5 Å². The molecule has 0 aromatic heterocycles. The zero-order valence-corrected chi connectivity index (χ0v) is 17.2. The fraction of sp³-hybridized carbons (Fsp3) is 0.200.